The first kappa shape index (κ1) is 13.8. The van der Waals surface area contributed by atoms with Crippen LogP contribution in [0.25, 0.3) is 0 Å². The first-order valence-electron chi connectivity index (χ1n) is 6.45. The highest BCUT2D eigenvalue weighted by molar-refractivity contribution is 5.50. The second kappa shape index (κ2) is 6.48. The third kappa shape index (κ3) is 3.65. The highest BCUT2D eigenvalue weighted by atomic mass is 19.1. The lowest BCUT2D eigenvalue weighted by Gasteiger charge is -2.22. The zero-order valence-electron chi connectivity index (χ0n) is 10.6. The normalized spacial score (nSPS) is 18.9. The lowest BCUT2D eigenvalue weighted by atomic mass is 10.1. The van der Waals surface area contributed by atoms with Gasteiger partial charge in [-0.2, -0.15) is 5.26 Å². The van der Waals surface area contributed by atoms with Crippen LogP contribution in [0, 0.1) is 23.0 Å². The molecule has 0 radical (unpaired) electrons. The van der Waals surface area contributed by atoms with Crippen LogP contribution in [-0.2, 0) is 4.74 Å². The van der Waals surface area contributed by atoms with Crippen LogP contribution >= 0.6 is 0 Å². The smallest absolute Gasteiger partial charge is 0.150 e. The molecule has 1 fully saturated rings. The molecule has 3 nitrogen and oxygen atoms in total. The Morgan fingerprint density at radius 1 is 1.32 bits per heavy atom. The Balaban J connectivity index is 1.90. The average molecular weight is 266 g/mol. The molecule has 1 atom stereocenters. The van der Waals surface area contributed by atoms with Gasteiger partial charge in [0.05, 0.1) is 17.7 Å². The highest BCUT2D eigenvalue weighted by Crippen LogP contribution is 2.21. The molecule has 1 aliphatic heterocycles. The number of anilines is 1. The number of nitrogens with one attached hydrogen (secondary N) is 1. The molecule has 0 saturated carbocycles. The van der Waals surface area contributed by atoms with Crippen molar-refractivity contribution in [2.45, 2.75) is 31.8 Å². The van der Waals surface area contributed by atoms with Gasteiger partial charge in [0.2, 0.25) is 0 Å². The van der Waals surface area contributed by atoms with E-state index in [0.717, 1.165) is 44.4 Å². The van der Waals surface area contributed by atoms with E-state index in [1.165, 1.54) is 0 Å². The van der Waals surface area contributed by atoms with E-state index in [1.807, 2.05) is 0 Å². The van der Waals surface area contributed by atoms with Crippen molar-refractivity contribution < 1.29 is 13.5 Å². The first-order chi connectivity index (χ1) is 9.20. The number of ether oxygens (including phenoxy) is 1. The summed E-state index contributed by atoms with van der Waals surface area (Å²) in [5.41, 5.74) is -0.189. The predicted octanol–water partition coefficient (Wildman–Crippen LogP) is 3.21. The van der Waals surface area contributed by atoms with E-state index in [0.29, 0.717) is 6.54 Å². The molecule has 5 heteroatoms. The largest absolute Gasteiger partial charge is 0.380 e. The lowest BCUT2D eigenvalue weighted by molar-refractivity contribution is 0.0134. The lowest BCUT2D eigenvalue weighted by Crippen LogP contribution is -2.22. The number of hydrogen-bond donors (Lipinski definition) is 1. The fourth-order valence-corrected chi connectivity index (χ4v) is 2.20. The Morgan fingerprint density at radius 2 is 2.05 bits per heavy atom. The van der Waals surface area contributed by atoms with Gasteiger partial charge in [-0.1, -0.05) is 0 Å². The summed E-state index contributed by atoms with van der Waals surface area (Å²) in [6.07, 6.45) is 4.12. The van der Waals surface area contributed by atoms with Crippen LogP contribution in [0.2, 0.25) is 0 Å². The van der Waals surface area contributed by atoms with Crippen molar-refractivity contribution in [3.05, 3.63) is 29.3 Å². The van der Waals surface area contributed by atoms with E-state index in [-0.39, 0.29) is 17.4 Å². The van der Waals surface area contributed by atoms with Gasteiger partial charge in [0.1, 0.15) is 5.69 Å². The molecule has 2 rings (SSSR count). The zero-order chi connectivity index (χ0) is 13.7. The van der Waals surface area contributed by atoms with E-state index >= 15 is 0 Å². The zero-order valence-corrected chi connectivity index (χ0v) is 10.6. The van der Waals surface area contributed by atoms with Gasteiger partial charge in [-0.15, -0.1) is 0 Å². The maximum atomic E-state index is 13.6. The molecule has 0 bridgehead atoms. The van der Waals surface area contributed by atoms with E-state index in [9.17, 15) is 8.78 Å². The van der Waals surface area contributed by atoms with Crippen molar-refractivity contribution in [1.82, 2.24) is 0 Å². The minimum atomic E-state index is -0.735. The quantitative estimate of drug-likeness (QED) is 0.910. The summed E-state index contributed by atoms with van der Waals surface area (Å²) in [7, 11) is 0. The summed E-state index contributed by atoms with van der Waals surface area (Å²) in [6.45, 7) is 1.22. The first-order valence-corrected chi connectivity index (χ1v) is 6.45. The summed E-state index contributed by atoms with van der Waals surface area (Å²) in [4.78, 5) is 0. The Hall–Kier alpha value is -1.67. The van der Waals surface area contributed by atoms with Crippen molar-refractivity contribution in [3.8, 4) is 6.07 Å². The van der Waals surface area contributed by atoms with Gasteiger partial charge < -0.3 is 10.1 Å². The molecule has 1 aromatic carbocycles. The molecule has 0 spiro atoms. The van der Waals surface area contributed by atoms with Gasteiger partial charge in [-0.3, -0.25) is 0 Å². The summed E-state index contributed by atoms with van der Waals surface area (Å²) in [5.74, 6) is -1.47. The molecule has 1 heterocycles. The second-order valence-corrected chi connectivity index (χ2v) is 4.63. The molecule has 1 aromatic rings. The Bertz CT molecular complexity index is 456. The molecule has 0 amide bonds. The highest BCUT2D eigenvalue weighted by Gasteiger charge is 2.15. The molecule has 102 valence electrons. The van der Waals surface area contributed by atoms with Crippen molar-refractivity contribution in [1.29, 1.82) is 5.26 Å². The minimum Gasteiger partial charge on any atom is -0.380 e. The molecule has 0 aliphatic carbocycles. The molecule has 1 aliphatic rings. The number of hydrogen-bond acceptors (Lipinski definition) is 3. The van der Waals surface area contributed by atoms with Crippen LogP contribution in [-0.4, -0.2) is 19.3 Å². The Labute approximate surface area is 111 Å². The van der Waals surface area contributed by atoms with Gasteiger partial charge in [0, 0.05) is 13.2 Å². The standard InChI is InChI=1S/C14H16F2N2O/c15-12-7-10(9-17)8-13(16)14(12)18-5-4-11-3-1-2-6-19-11/h7-8,11,18H,1-6H2. The molecule has 1 N–H and O–H groups in total. The van der Waals surface area contributed by atoms with E-state index in [2.05, 4.69) is 5.32 Å². The Kier molecular flexibility index (Phi) is 4.69. The third-order valence-electron chi connectivity index (χ3n) is 3.21. The van der Waals surface area contributed by atoms with Crippen LogP contribution in [0.1, 0.15) is 31.2 Å². The Morgan fingerprint density at radius 3 is 2.63 bits per heavy atom. The molecule has 0 aromatic heterocycles. The summed E-state index contributed by atoms with van der Waals surface area (Å²) in [6, 6.07) is 3.78. The average Bonchev–Trinajstić information content (AvgIpc) is 2.42. The summed E-state index contributed by atoms with van der Waals surface area (Å²) in [5, 5.41) is 11.3. The number of benzene rings is 1. The van der Waals surface area contributed by atoms with Gasteiger partial charge in [0.25, 0.3) is 0 Å². The van der Waals surface area contributed by atoms with Crippen molar-refractivity contribution in [3.63, 3.8) is 0 Å². The monoisotopic (exact) mass is 266 g/mol. The fourth-order valence-electron chi connectivity index (χ4n) is 2.20. The van der Waals surface area contributed by atoms with Crippen LogP contribution in [0.3, 0.4) is 0 Å². The van der Waals surface area contributed by atoms with Crippen LogP contribution < -0.4 is 5.32 Å². The van der Waals surface area contributed by atoms with Gasteiger partial charge in [-0.25, -0.2) is 8.78 Å². The van der Waals surface area contributed by atoms with Crippen molar-refractivity contribution >= 4 is 5.69 Å². The maximum absolute atomic E-state index is 13.6. The van der Waals surface area contributed by atoms with E-state index in [4.69, 9.17) is 10.00 Å². The molecule has 1 unspecified atom stereocenters. The van der Waals surface area contributed by atoms with Crippen LogP contribution in [0.5, 0.6) is 0 Å². The molecular formula is C14H16F2N2O. The number of halogens is 2. The van der Waals surface area contributed by atoms with Gasteiger partial charge in [-0.05, 0) is 37.8 Å². The maximum Gasteiger partial charge on any atom is 0.150 e. The predicted molar refractivity (Wildman–Crippen MR) is 67.8 cm³/mol. The SMILES string of the molecule is N#Cc1cc(F)c(NCCC2CCCCO2)c(F)c1. The topological polar surface area (TPSA) is 45.0 Å². The van der Waals surface area contributed by atoms with E-state index in [1.54, 1.807) is 6.07 Å². The number of nitriles is 1. The number of nitrogens with zero attached hydrogens (tertiary/aromatic N) is 1. The van der Waals surface area contributed by atoms with Crippen LogP contribution in [0.15, 0.2) is 12.1 Å². The summed E-state index contributed by atoms with van der Waals surface area (Å²) >= 11 is 0. The third-order valence-corrected chi connectivity index (χ3v) is 3.21. The van der Waals surface area contributed by atoms with Gasteiger partial charge in [0.15, 0.2) is 11.6 Å². The van der Waals surface area contributed by atoms with Crippen molar-refractivity contribution in [2.24, 2.45) is 0 Å². The van der Waals surface area contributed by atoms with Gasteiger partial charge >= 0.3 is 0 Å². The minimum absolute atomic E-state index is 0.0174. The van der Waals surface area contributed by atoms with Crippen molar-refractivity contribution in [2.75, 3.05) is 18.5 Å². The molecule has 1 saturated heterocycles. The summed E-state index contributed by atoms with van der Waals surface area (Å²) < 4.78 is 32.7. The van der Waals surface area contributed by atoms with Crippen LogP contribution in [0.4, 0.5) is 14.5 Å². The molecule has 19 heavy (non-hydrogen) atoms. The second-order valence-electron chi connectivity index (χ2n) is 4.63. The number of rotatable bonds is 4. The fraction of sp³-hybridized carbons (Fsp3) is 0.500. The molecular weight excluding hydrogens is 250 g/mol. The van der Waals surface area contributed by atoms with E-state index < -0.39 is 11.6 Å².